The van der Waals surface area contributed by atoms with Gasteiger partial charge in [-0.3, -0.25) is 0 Å². The molecule has 0 aliphatic carbocycles. The molecule has 20 heavy (non-hydrogen) atoms. The van der Waals surface area contributed by atoms with Crippen LogP contribution in [0.5, 0.6) is 5.75 Å². The van der Waals surface area contributed by atoms with E-state index in [0.29, 0.717) is 11.6 Å². The van der Waals surface area contributed by atoms with E-state index in [0.717, 1.165) is 27.7 Å². The highest BCUT2D eigenvalue weighted by molar-refractivity contribution is 7.81. The Bertz CT molecular complexity index is 635. The number of nitrogens with zero attached hydrogens (tertiary/aromatic N) is 1. The molecule has 1 heterocycles. The maximum absolute atomic E-state index is 5.83. The zero-order valence-corrected chi connectivity index (χ0v) is 13.5. The number of hydrogen-bond donors (Lipinski definition) is 1. The molecule has 0 aliphatic heterocycles. The summed E-state index contributed by atoms with van der Waals surface area (Å²) in [6.07, 6.45) is 0.765. The van der Waals surface area contributed by atoms with E-state index in [4.69, 9.17) is 22.7 Å². The predicted molar refractivity (Wildman–Crippen MR) is 87.9 cm³/mol. The number of aryl methyl sites for hydroxylation is 2. The maximum atomic E-state index is 5.83. The van der Waals surface area contributed by atoms with Crippen molar-refractivity contribution in [3.05, 3.63) is 44.9 Å². The van der Waals surface area contributed by atoms with E-state index in [2.05, 4.69) is 24.9 Å². The number of benzene rings is 1. The molecule has 1 aromatic carbocycles. The fourth-order valence-electron chi connectivity index (χ4n) is 1.92. The van der Waals surface area contributed by atoms with Crippen LogP contribution in [0.2, 0.25) is 0 Å². The third-order valence-corrected chi connectivity index (χ3v) is 4.78. The Kier molecular flexibility index (Phi) is 4.73. The summed E-state index contributed by atoms with van der Waals surface area (Å²) < 4.78 is 5.83. The van der Waals surface area contributed by atoms with Crippen molar-refractivity contribution >= 4 is 28.5 Å². The number of hydrogen-bond acceptors (Lipinski definition) is 4. The molecule has 3 nitrogen and oxygen atoms in total. The Morgan fingerprint density at radius 3 is 2.75 bits per heavy atom. The Morgan fingerprint density at radius 1 is 1.35 bits per heavy atom. The average Bonchev–Trinajstić information content (AvgIpc) is 2.76. The molecule has 0 unspecified atom stereocenters. The molecule has 0 atom stereocenters. The number of rotatable bonds is 5. The van der Waals surface area contributed by atoms with Crippen LogP contribution in [0.4, 0.5) is 0 Å². The summed E-state index contributed by atoms with van der Waals surface area (Å²) in [5.41, 5.74) is 8.99. The smallest absolute Gasteiger partial charge is 0.122 e. The van der Waals surface area contributed by atoms with Gasteiger partial charge in [0.1, 0.15) is 10.7 Å². The highest BCUT2D eigenvalue weighted by Crippen LogP contribution is 2.22. The fourth-order valence-corrected chi connectivity index (χ4v) is 3.09. The van der Waals surface area contributed by atoms with Crippen LogP contribution in [0.1, 0.15) is 26.7 Å². The first-order chi connectivity index (χ1) is 9.49. The van der Waals surface area contributed by atoms with Crippen LogP contribution in [0.25, 0.3) is 0 Å². The monoisotopic (exact) mass is 306 g/mol. The van der Waals surface area contributed by atoms with Crippen molar-refractivity contribution < 1.29 is 4.74 Å². The van der Waals surface area contributed by atoms with E-state index >= 15 is 0 Å². The summed E-state index contributed by atoms with van der Waals surface area (Å²) in [7, 11) is 0. The fraction of sp³-hybridized carbons (Fsp3) is 0.333. The van der Waals surface area contributed by atoms with Crippen LogP contribution >= 0.6 is 23.6 Å². The van der Waals surface area contributed by atoms with Crippen LogP contribution < -0.4 is 10.5 Å². The van der Waals surface area contributed by atoms with Gasteiger partial charge in [-0.2, -0.15) is 0 Å². The van der Waals surface area contributed by atoms with Crippen LogP contribution in [0.15, 0.2) is 18.2 Å². The minimum atomic E-state index is 0.418. The molecule has 0 saturated heterocycles. The SMILES string of the molecule is Cc1cccc(OCCc2nc(C)c(C(N)=S)s2)c1C. The van der Waals surface area contributed by atoms with E-state index < -0.39 is 0 Å². The zero-order chi connectivity index (χ0) is 14.7. The van der Waals surface area contributed by atoms with Crippen LogP contribution in [-0.4, -0.2) is 16.6 Å². The van der Waals surface area contributed by atoms with Crippen LogP contribution in [0, 0.1) is 20.8 Å². The lowest BCUT2D eigenvalue weighted by Gasteiger charge is -2.09. The third-order valence-electron chi connectivity index (χ3n) is 3.19. The molecule has 5 heteroatoms. The molecule has 1 aromatic heterocycles. The summed E-state index contributed by atoms with van der Waals surface area (Å²) in [6, 6.07) is 6.09. The van der Waals surface area contributed by atoms with Crippen molar-refractivity contribution in [3.8, 4) is 5.75 Å². The molecular formula is C15H18N2OS2. The lowest BCUT2D eigenvalue weighted by Crippen LogP contribution is -2.08. The number of nitrogens with two attached hydrogens (primary N) is 1. The van der Waals surface area contributed by atoms with Crippen LogP contribution in [0.3, 0.4) is 0 Å². The van der Waals surface area contributed by atoms with Gasteiger partial charge >= 0.3 is 0 Å². The summed E-state index contributed by atoms with van der Waals surface area (Å²) in [4.78, 5) is 5.80. The predicted octanol–water partition coefficient (Wildman–Crippen LogP) is 3.32. The molecule has 0 spiro atoms. The molecule has 0 radical (unpaired) electrons. The van der Waals surface area contributed by atoms with Gasteiger partial charge in [0.25, 0.3) is 0 Å². The summed E-state index contributed by atoms with van der Waals surface area (Å²) in [6.45, 7) is 6.69. The van der Waals surface area contributed by atoms with E-state index in [1.54, 1.807) is 11.3 Å². The minimum Gasteiger partial charge on any atom is -0.493 e. The van der Waals surface area contributed by atoms with E-state index in [-0.39, 0.29) is 0 Å². The highest BCUT2D eigenvalue weighted by atomic mass is 32.1. The van der Waals surface area contributed by atoms with Gasteiger partial charge in [0.15, 0.2) is 0 Å². The Labute approximate surface area is 128 Å². The summed E-state index contributed by atoms with van der Waals surface area (Å²) >= 11 is 6.55. The average molecular weight is 306 g/mol. The van der Waals surface area contributed by atoms with Crippen molar-refractivity contribution in [1.29, 1.82) is 0 Å². The molecular weight excluding hydrogens is 288 g/mol. The number of thiocarbonyl (C=S) groups is 1. The lowest BCUT2D eigenvalue weighted by molar-refractivity contribution is 0.319. The second kappa shape index (κ2) is 6.33. The Balaban J connectivity index is 1.98. The molecule has 0 aliphatic rings. The number of ether oxygens (including phenoxy) is 1. The standard InChI is InChI=1S/C15H18N2OS2/c1-9-5-4-6-12(10(9)2)18-8-7-13-17-11(3)14(20-13)15(16)19/h4-6H,7-8H2,1-3H3,(H2,16,19). The number of aromatic nitrogens is 1. The van der Waals surface area contributed by atoms with Crippen molar-refractivity contribution in [2.24, 2.45) is 5.73 Å². The second-order valence-electron chi connectivity index (χ2n) is 4.68. The van der Waals surface area contributed by atoms with Gasteiger partial charge in [-0.25, -0.2) is 4.98 Å². The topological polar surface area (TPSA) is 48.1 Å². The van der Waals surface area contributed by atoms with Gasteiger partial charge in [-0.15, -0.1) is 11.3 Å². The van der Waals surface area contributed by atoms with Crippen LogP contribution in [-0.2, 0) is 6.42 Å². The summed E-state index contributed by atoms with van der Waals surface area (Å²) in [5.74, 6) is 0.938. The lowest BCUT2D eigenvalue weighted by atomic mass is 10.1. The first kappa shape index (κ1) is 14.9. The molecule has 0 amide bonds. The van der Waals surface area contributed by atoms with E-state index in [1.165, 1.54) is 11.1 Å². The van der Waals surface area contributed by atoms with Gasteiger partial charge in [-0.05, 0) is 38.0 Å². The van der Waals surface area contributed by atoms with Gasteiger partial charge in [0.05, 0.1) is 22.2 Å². The van der Waals surface area contributed by atoms with Crippen molar-refractivity contribution in [2.45, 2.75) is 27.2 Å². The van der Waals surface area contributed by atoms with Gasteiger partial charge < -0.3 is 10.5 Å². The van der Waals surface area contributed by atoms with Crippen molar-refractivity contribution in [3.63, 3.8) is 0 Å². The minimum absolute atomic E-state index is 0.418. The molecule has 0 fully saturated rings. The molecule has 0 bridgehead atoms. The Morgan fingerprint density at radius 2 is 2.10 bits per heavy atom. The zero-order valence-electron chi connectivity index (χ0n) is 11.9. The first-order valence-electron chi connectivity index (χ1n) is 6.44. The maximum Gasteiger partial charge on any atom is 0.122 e. The Hall–Kier alpha value is -1.46. The third kappa shape index (κ3) is 3.35. The van der Waals surface area contributed by atoms with Gasteiger partial charge in [0.2, 0.25) is 0 Å². The first-order valence-corrected chi connectivity index (χ1v) is 7.66. The van der Waals surface area contributed by atoms with Crippen molar-refractivity contribution in [2.75, 3.05) is 6.61 Å². The highest BCUT2D eigenvalue weighted by Gasteiger charge is 2.10. The normalized spacial score (nSPS) is 10.6. The summed E-state index contributed by atoms with van der Waals surface area (Å²) in [5, 5.41) is 1.01. The molecule has 2 aromatic rings. The second-order valence-corrected chi connectivity index (χ2v) is 6.21. The van der Waals surface area contributed by atoms with Crippen molar-refractivity contribution in [1.82, 2.24) is 4.98 Å². The van der Waals surface area contributed by atoms with Gasteiger partial charge in [-0.1, -0.05) is 24.4 Å². The number of thiazole rings is 1. The quantitative estimate of drug-likeness (QED) is 0.861. The molecule has 2 N–H and O–H groups in total. The van der Waals surface area contributed by atoms with E-state index in [9.17, 15) is 0 Å². The largest absolute Gasteiger partial charge is 0.493 e. The molecule has 106 valence electrons. The molecule has 2 rings (SSSR count). The molecule has 0 saturated carbocycles. The van der Waals surface area contributed by atoms with E-state index in [1.807, 2.05) is 19.1 Å². The van der Waals surface area contributed by atoms with Gasteiger partial charge in [0, 0.05) is 6.42 Å².